The highest BCUT2D eigenvalue weighted by Crippen LogP contribution is 2.16. The van der Waals surface area contributed by atoms with E-state index in [-0.39, 0.29) is 6.04 Å². The van der Waals surface area contributed by atoms with E-state index in [1.807, 2.05) is 0 Å². The van der Waals surface area contributed by atoms with E-state index in [1.54, 1.807) is 12.4 Å². The lowest BCUT2D eigenvalue weighted by Crippen LogP contribution is -2.14. The Morgan fingerprint density at radius 2 is 1.65 bits per heavy atom. The van der Waals surface area contributed by atoms with Crippen LogP contribution in [-0.2, 0) is 6.42 Å². The van der Waals surface area contributed by atoms with E-state index in [9.17, 15) is 8.78 Å². The number of nitrogens with zero attached hydrogens (tertiary/aromatic N) is 2. The molecule has 0 spiro atoms. The molecule has 1 unspecified atom stereocenters. The lowest BCUT2D eigenvalue weighted by molar-refractivity contribution is 0.576. The van der Waals surface area contributed by atoms with Crippen molar-refractivity contribution in [3.8, 4) is 0 Å². The number of aromatic nitrogens is 2. The van der Waals surface area contributed by atoms with Crippen LogP contribution in [0.1, 0.15) is 17.2 Å². The first-order valence-electron chi connectivity index (χ1n) is 5.10. The molecule has 5 heteroatoms. The number of benzene rings is 1. The third-order valence-corrected chi connectivity index (χ3v) is 2.39. The molecule has 0 saturated carbocycles. The van der Waals surface area contributed by atoms with Crippen LogP contribution in [0.15, 0.2) is 36.9 Å². The van der Waals surface area contributed by atoms with Crippen molar-refractivity contribution in [2.45, 2.75) is 12.5 Å². The quantitative estimate of drug-likeness (QED) is 0.885. The molecule has 0 aliphatic carbocycles. The van der Waals surface area contributed by atoms with Gasteiger partial charge in [0.2, 0.25) is 0 Å². The van der Waals surface area contributed by atoms with Crippen LogP contribution < -0.4 is 5.73 Å². The Morgan fingerprint density at radius 3 is 2.24 bits per heavy atom. The summed E-state index contributed by atoms with van der Waals surface area (Å²) in [6.07, 6.45) is 4.92. The van der Waals surface area contributed by atoms with Crippen molar-refractivity contribution in [3.63, 3.8) is 0 Å². The fourth-order valence-electron chi connectivity index (χ4n) is 1.60. The molecule has 2 N–H and O–H groups in total. The Balaban J connectivity index is 2.16. The van der Waals surface area contributed by atoms with E-state index in [0.29, 0.717) is 12.0 Å². The van der Waals surface area contributed by atoms with Crippen molar-refractivity contribution in [1.82, 2.24) is 9.97 Å². The van der Waals surface area contributed by atoms with Gasteiger partial charge in [-0.3, -0.25) is 0 Å². The van der Waals surface area contributed by atoms with Crippen molar-refractivity contribution in [1.29, 1.82) is 0 Å². The zero-order valence-electron chi connectivity index (χ0n) is 8.98. The molecule has 88 valence electrons. The van der Waals surface area contributed by atoms with Crippen LogP contribution in [0, 0.1) is 11.6 Å². The molecule has 1 aromatic carbocycles. The minimum Gasteiger partial charge on any atom is -0.324 e. The predicted molar refractivity (Wildman–Crippen MR) is 59.0 cm³/mol. The third-order valence-electron chi connectivity index (χ3n) is 2.39. The summed E-state index contributed by atoms with van der Waals surface area (Å²) in [4.78, 5) is 7.69. The van der Waals surface area contributed by atoms with Crippen LogP contribution >= 0.6 is 0 Å². The van der Waals surface area contributed by atoms with E-state index in [1.165, 1.54) is 18.5 Å². The average molecular weight is 235 g/mol. The summed E-state index contributed by atoms with van der Waals surface area (Å²) in [6.45, 7) is 0. The summed E-state index contributed by atoms with van der Waals surface area (Å²) in [5.41, 5.74) is 7.15. The molecular weight excluding hydrogens is 224 g/mol. The SMILES string of the molecule is NC(Cc1cc(F)cc(F)c1)c1cncnc1. The standard InChI is InChI=1S/C12H11F2N3/c13-10-1-8(2-11(14)4-10)3-12(15)9-5-16-7-17-6-9/h1-2,4-7,12H,3,15H2. The lowest BCUT2D eigenvalue weighted by Gasteiger charge is -2.11. The van der Waals surface area contributed by atoms with E-state index in [2.05, 4.69) is 9.97 Å². The fraction of sp³-hybridized carbons (Fsp3) is 0.167. The normalized spacial score (nSPS) is 12.4. The summed E-state index contributed by atoms with van der Waals surface area (Å²) in [6, 6.07) is 3.00. The molecule has 1 heterocycles. The smallest absolute Gasteiger partial charge is 0.126 e. The number of nitrogens with two attached hydrogens (primary N) is 1. The average Bonchev–Trinajstić information content (AvgIpc) is 2.28. The van der Waals surface area contributed by atoms with E-state index >= 15 is 0 Å². The van der Waals surface area contributed by atoms with Gasteiger partial charge in [-0.15, -0.1) is 0 Å². The zero-order valence-corrected chi connectivity index (χ0v) is 8.98. The highest BCUT2D eigenvalue weighted by molar-refractivity contribution is 5.21. The second-order valence-corrected chi connectivity index (χ2v) is 3.76. The first-order valence-corrected chi connectivity index (χ1v) is 5.10. The topological polar surface area (TPSA) is 51.8 Å². The monoisotopic (exact) mass is 235 g/mol. The minimum absolute atomic E-state index is 0.335. The summed E-state index contributed by atoms with van der Waals surface area (Å²) < 4.78 is 26.0. The number of halogens is 2. The molecule has 0 radical (unpaired) electrons. The van der Waals surface area contributed by atoms with Crippen LogP contribution in [0.4, 0.5) is 8.78 Å². The second-order valence-electron chi connectivity index (χ2n) is 3.76. The van der Waals surface area contributed by atoms with E-state index in [0.717, 1.165) is 11.6 Å². The molecule has 0 amide bonds. The maximum absolute atomic E-state index is 13.0. The van der Waals surface area contributed by atoms with Gasteiger partial charge >= 0.3 is 0 Å². The van der Waals surface area contributed by atoms with Gasteiger partial charge in [-0.2, -0.15) is 0 Å². The van der Waals surface area contributed by atoms with Crippen molar-refractivity contribution in [3.05, 3.63) is 59.7 Å². The highest BCUT2D eigenvalue weighted by Gasteiger charge is 2.09. The highest BCUT2D eigenvalue weighted by atomic mass is 19.1. The Hall–Kier alpha value is -1.88. The minimum atomic E-state index is -0.600. The summed E-state index contributed by atoms with van der Waals surface area (Å²) >= 11 is 0. The van der Waals surface area contributed by atoms with Gasteiger partial charge in [-0.25, -0.2) is 18.7 Å². The largest absolute Gasteiger partial charge is 0.324 e. The summed E-state index contributed by atoms with van der Waals surface area (Å²) in [5, 5.41) is 0. The zero-order chi connectivity index (χ0) is 12.3. The first kappa shape index (κ1) is 11.6. The Bertz CT molecular complexity index is 482. The number of hydrogen-bond acceptors (Lipinski definition) is 3. The van der Waals surface area contributed by atoms with Gasteiger partial charge in [0.25, 0.3) is 0 Å². The van der Waals surface area contributed by atoms with Crippen LogP contribution in [0.5, 0.6) is 0 Å². The van der Waals surface area contributed by atoms with E-state index < -0.39 is 11.6 Å². The van der Waals surface area contributed by atoms with Gasteiger partial charge < -0.3 is 5.73 Å². The molecule has 0 fully saturated rings. The van der Waals surface area contributed by atoms with Gasteiger partial charge in [0.05, 0.1) is 0 Å². The van der Waals surface area contributed by atoms with Gasteiger partial charge in [-0.05, 0) is 24.1 Å². The van der Waals surface area contributed by atoms with Crippen LogP contribution in [-0.4, -0.2) is 9.97 Å². The Morgan fingerprint density at radius 1 is 1.06 bits per heavy atom. The number of rotatable bonds is 3. The second kappa shape index (κ2) is 4.97. The Kier molecular flexibility index (Phi) is 3.39. The maximum atomic E-state index is 13.0. The van der Waals surface area contributed by atoms with Crippen LogP contribution in [0.3, 0.4) is 0 Å². The van der Waals surface area contributed by atoms with Gasteiger partial charge in [0, 0.05) is 30.1 Å². The van der Waals surface area contributed by atoms with Crippen molar-refractivity contribution in [2.24, 2.45) is 5.73 Å². The molecule has 0 bridgehead atoms. The first-order chi connectivity index (χ1) is 8.15. The molecule has 0 aliphatic heterocycles. The lowest BCUT2D eigenvalue weighted by atomic mass is 10.0. The van der Waals surface area contributed by atoms with Crippen molar-refractivity contribution < 1.29 is 8.78 Å². The van der Waals surface area contributed by atoms with Crippen molar-refractivity contribution >= 4 is 0 Å². The van der Waals surface area contributed by atoms with E-state index in [4.69, 9.17) is 5.73 Å². The fourth-order valence-corrected chi connectivity index (χ4v) is 1.60. The van der Waals surface area contributed by atoms with Gasteiger partial charge in [0.1, 0.15) is 18.0 Å². The molecule has 3 nitrogen and oxygen atoms in total. The molecular formula is C12H11F2N3. The van der Waals surface area contributed by atoms with Crippen LogP contribution in [0.25, 0.3) is 0 Å². The molecule has 2 aromatic rings. The van der Waals surface area contributed by atoms with Gasteiger partial charge in [-0.1, -0.05) is 0 Å². The van der Waals surface area contributed by atoms with Crippen LogP contribution in [0.2, 0.25) is 0 Å². The molecule has 1 atom stereocenters. The molecule has 17 heavy (non-hydrogen) atoms. The molecule has 0 saturated heterocycles. The van der Waals surface area contributed by atoms with Crippen molar-refractivity contribution in [2.75, 3.05) is 0 Å². The summed E-state index contributed by atoms with van der Waals surface area (Å²) in [5.74, 6) is -1.20. The predicted octanol–water partition coefficient (Wildman–Crippen LogP) is 2.00. The molecule has 0 aliphatic rings. The van der Waals surface area contributed by atoms with Gasteiger partial charge in [0.15, 0.2) is 0 Å². The number of hydrogen-bond donors (Lipinski definition) is 1. The summed E-state index contributed by atoms with van der Waals surface area (Å²) in [7, 11) is 0. The molecule has 2 rings (SSSR count). The third kappa shape index (κ3) is 3.04. The maximum Gasteiger partial charge on any atom is 0.126 e. The molecule has 1 aromatic heterocycles. The Labute approximate surface area is 97.3 Å².